The van der Waals surface area contributed by atoms with Gasteiger partial charge in [0, 0.05) is 18.1 Å². The van der Waals surface area contributed by atoms with Crippen molar-refractivity contribution in [2.45, 2.75) is 24.7 Å². The molecular formula is C12H17ClF3NO3. The minimum Gasteiger partial charge on any atom is -0.497 e. The maximum absolute atomic E-state index is 12.3. The average Bonchev–Trinajstić information content (AvgIpc) is 2.36. The zero-order valence-corrected chi connectivity index (χ0v) is 11.8. The number of nitrogens with two attached hydrogens (primary N) is 1. The maximum Gasteiger partial charge on any atom is 0.403 e. The zero-order valence-electron chi connectivity index (χ0n) is 11.0. The number of hydrogen-bond acceptors (Lipinski definition) is 4. The number of ether oxygens (including phenoxy) is 2. The van der Waals surface area contributed by atoms with E-state index < -0.39 is 24.7 Å². The second kappa shape index (κ2) is 7.56. The standard InChI is InChI=1S/C12H16F3NO3.ClH/c1-18-7-3-4-8(10(5-7)19-2)9(17)6-11(16)12(13,14)15;/h3-5,9,11,17H,6,16H2,1-2H3;1H/t9-,11-;/m0./s1. The zero-order chi connectivity index (χ0) is 14.6. The molecule has 1 rings (SSSR count). The van der Waals surface area contributed by atoms with Gasteiger partial charge in [0.25, 0.3) is 0 Å². The van der Waals surface area contributed by atoms with Crippen molar-refractivity contribution in [3.05, 3.63) is 23.8 Å². The minimum absolute atomic E-state index is 0. The molecule has 0 aliphatic carbocycles. The fraction of sp³-hybridized carbons (Fsp3) is 0.500. The van der Waals surface area contributed by atoms with E-state index in [2.05, 4.69) is 0 Å². The second-order valence-electron chi connectivity index (χ2n) is 4.01. The number of halogens is 4. The summed E-state index contributed by atoms with van der Waals surface area (Å²) in [6, 6.07) is 2.37. The average molecular weight is 316 g/mol. The van der Waals surface area contributed by atoms with Crippen LogP contribution in [0.3, 0.4) is 0 Å². The molecule has 3 N–H and O–H groups in total. The summed E-state index contributed by atoms with van der Waals surface area (Å²) in [6.07, 6.45) is -6.54. The summed E-state index contributed by atoms with van der Waals surface area (Å²) in [5.41, 5.74) is 5.22. The molecule has 0 saturated carbocycles. The highest BCUT2D eigenvalue weighted by molar-refractivity contribution is 5.85. The van der Waals surface area contributed by atoms with Crippen molar-refractivity contribution in [3.63, 3.8) is 0 Å². The highest BCUT2D eigenvalue weighted by Crippen LogP contribution is 2.33. The van der Waals surface area contributed by atoms with E-state index >= 15 is 0 Å². The normalized spacial score (nSPS) is 14.2. The molecule has 4 nitrogen and oxygen atoms in total. The van der Waals surface area contributed by atoms with Crippen molar-refractivity contribution in [2.75, 3.05) is 14.2 Å². The number of aliphatic hydroxyl groups excluding tert-OH is 1. The van der Waals surface area contributed by atoms with Gasteiger partial charge in [-0.05, 0) is 12.1 Å². The lowest BCUT2D eigenvalue weighted by Gasteiger charge is -2.21. The molecule has 0 unspecified atom stereocenters. The van der Waals surface area contributed by atoms with Crippen LogP contribution in [0.25, 0.3) is 0 Å². The third-order valence-corrected chi connectivity index (χ3v) is 2.70. The van der Waals surface area contributed by atoms with E-state index in [9.17, 15) is 18.3 Å². The smallest absolute Gasteiger partial charge is 0.403 e. The number of methoxy groups -OCH3 is 2. The van der Waals surface area contributed by atoms with Crippen LogP contribution in [-0.2, 0) is 0 Å². The summed E-state index contributed by atoms with van der Waals surface area (Å²) >= 11 is 0. The molecular weight excluding hydrogens is 299 g/mol. The van der Waals surface area contributed by atoms with Crippen LogP contribution in [0.5, 0.6) is 11.5 Å². The molecule has 0 radical (unpaired) electrons. The van der Waals surface area contributed by atoms with Gasteiger partial charge in [0.05, 0.1) is 20.3 Å². The van der Waals surface area contributed by atoms with E-state index in [0.717, 1.165) is 0 Å². The predicted octanol–water partition coefficient (Wildman–Crippen LogP) is 2.44. The summed E-state index contributed by atoms with van der Waals surface area (Å²) in [4.78, 5) is 0. The number of hydrogen-bond donors (Lipinski definition) is 2. The van der Waals surface area contributed by atoms with E-state index in [1.165, 1.54) is 32.4 Å². The third kappa shape index (κ3) is 4.73. The van der Waals surface area contributed by atoms with Crippen molar-refractivity contribution < 1.29 is 27.8 Å². The molecule has 116 valence electrons. The summed E-state index contributed by atoms with van der Waals surface area (Å²) < 4.78 is 47.0. The van der Waals surface area contributed by atoms with Crippen LogP contribution in [0.1, 0.15) is 18.1 Å². The number of alkyl halides is 3. The van der Waals surface area contributed by atoms with Crippen LogP contribution >= 0.6 is 12.4 Å². The van der Waals surface area contributed by atoms with Gasteiger partial charge in [-0.3, -0.25) is 0 Å². The Balaban J connectivity index is 0.00000361. The molecule has 0 amide bonds. The lowest BCUT2D eigenvalue weighted by Crippen LogP contribution is -2.38. The Morgan fingerprint density at radius 2 is 1.85 bits per heavy atom. The number of rotatable bonds is 5. The molecule has 0 fully saturated rings. The molecule has 0 aromatic heterocycles. The van der Waals surface area contributed by atoms with E-state index in [4.69, 9.17) is 15.2 Å². The summed E-state index contributed by atoms with van der Waals surface area (Å²) in [5, 5.41) is 9.83. The first kappa shape index (κ1) is 18.8. The molecule has 0 heterocycles. The SMILES string of the molecule is COc1ccc([C@@H](O)C[C@H](N)C(F)(F)F)c(OC)c1.Cl. The van der Waals surface area contributed by atoms with Crippen LogP contribution in [0, 0.1) is 0 Å². The van der Waals surface area contributed by atoms with Gasteiger partial charge < -0.3 is 20.3 Å². The lowest BCUT2D eigenvalue weighted by molar-refractivity contribution is -0.153. The highest BCUT2D eigenvalue weighted by Gasteiger charge is 2.38. The predicted molar refractivity (Wildman–Crippen MR) is 70.4 cm³/mol. The molecule has 0 spiro atoms. The maximum atomic E-state index is 12.3. The summed E-state index contributed by atoms with van der Waals surface area (Å²) in [5.74, 6) is 0.731. The monoisotopic (exact) mass is 315 g/mol. The van der Waals surface area contributed by atoms with Crippen LogP contribution in [0.15, 0.2) is 18.2 Å². The van der Waals surface area contributed by atoms with Crippen LogP contribution in [0.4, 0.5) is 13.2 Å². The molecule has 20 heavy (non-hydrogen) atoms. The Hall–Kier alpha value is -1.18. The van der Waals surface area contributed by atoms with Crippen molar-refractivity contribution >= 4 is 12.4 Å². The largest absolute Gasteiger partial charge is 0.497 e. The van der Waals surface area contributed by atoms with Gasteiger partial charge in [0.1, 0.15) is 17.5 Å². The summed E-state index contributed by atoms with van der Waals surface area (Å²) in [6.45, 7) is 0. The molecule has 1 aromatic carbocycles. The molecule has 8 heteroatoms. The molecule has 0 aliphatic rings. The first-order valence-corrected chi connectivity index (χ1v) is 5.52. The van der Waals surface area contributed by atoms with Gasteiger partial charge in [0.2, 0.25) is 0 Å². The number of aliphatic hydroxyl groups is 1. The van der Waals surface area contributed by atoms with Gasteiger partial charge in [-0.15, -0.1) is 12.4 Å². The second-order valence-corrected chi connectivity index (χ2v) is 4.01. The minimum atomic E-state index is -4.54. The highest BCUT2D eigenvalue weighted by atomic mass is 35.5. The van der Waals surface area contributed by atoms with Crippen LogP contribution in [0.2, 0.25) is 0 Å². The van der Waals surface area contributed by atoms with Crippen LogP contribution in [-0.4, -0.2) is 31.5 Å². The van der Waals surface area contributed by atoms with Crippen molar-refractivity contribution in [2.24, 2.45) is 5.73 Å². The Morgan fingerprint density at radius 1 is 1.25 bits per heavy atom. The number of benzene rings is 1. The Kier molecular flexibility index (Phi) is 7.12. The van der Waals surface area contributed by atoms with E-state index in [-0.39, 0.29) is 23.7 Å². The van der Waals surface area contributed by atoms with E-state index in [0.29, 0.717) is 5.75 Å². The van der Waals surface area contributed by atoms with Crippen molar-refractivity contribution in [1.29, 1.82) is 0 Å². The topological polar surface area (TPSA) is 64.7 Å². The van der Waals surface area contributed by atoms with Gasteiger partial charge in [0.15, 0.2) is 0 Å². The molecule has 1 aromatic rings. The quantitative estimate of drug-likeness (QED) is 0.876. The Labute approximate surface area is 121 Å². The van der Waals surface area contributed by atoms with Gasteiger partial charge in [-0.2, -0.15) is 13.2 Å². The molecule has 2 atom stereocenters. The third-order valence-electron chi connectivity index (χ3n) is 2.70. The Morgan fingerprint density at radius 3 is 2.30 bits per heavy atom. The van der Waals surface area contributed by atoms with Gasteiger partial charge in [-0.25, -0.2) is 0 Å². The fourth-order valence-corrected chi connectivity index (χ4v) is 1.59. The first-order valence-electron chi connectivity index (χ1n) is 5.52. The molecule has 0 bridgehead atoms. The lowest BCUT2D eigenvalue weighted by atomic mass is 10.0. The molecule has 0 aliphatic heterocycles. The van der Waals surface area contributed by atoms with Crippen molar-refractivity contribution in [3.8, 4) is 11.5 Å². The molecule has 0 saturated heterocycles. The first-order chi connectivity index (χ1) is 8.79. The Bertz CT molecular complexity index is 429. The van der Waals surface area contributed by atoms with Crippen molar-refractivity contribution in [1.82, 2.24) is 0 Å². The van der Waals surface area contributed by atoms with Crippen LogP contribution < -0.4 is 15.2 Å². The van der Waals surface area contributed by atoms with Gasteiger partial charge >= 0.3 is 6.18 Å². The summed E-state index contributed by atoms with van der Waals surface area (Å²) in [7, 11) is 2.80. The van der Waals surface area contributed by atoms with E-state index in [1.54, 1.807) is 0 Å². The van der Waals surface area contributed by atoms with E-state index in [1.807, 2.05) is 0 Å². The fourth-order valence-electron chi connectivity index (χ4n) is 1.59. The van der Waals surface area contributed by atoms with Gasteiger partial charge in [-0.1, -0.05) is 0 Å².